The van der Waals surface area contributed by atoms with E-state index < -0.39 is 0 Å². The van der Waals surface area contributed by atoms with E-state index >= 15 is 0 Å². The molecule has 4 nitrogen and oxygen atoms in total. The van der Waals surface area contributed by atoms with Crippen molar-refractivity contribution >= 4 is 11.8 Å². The maximum absolute atomic E-state index is 13.1. The average Bonchev–Trinajstić information content (AvgIpc) is 2.80. The molecule has 2 aromatic carbocycles. The Morgan fingerprint density at radius 1 is 1.00 bits per heavy atom. The molecule has 0 aliphatic carbocycles. The smallest absolute Gasteiger partial charge is 0.232 e. The maximum Gasteiger partial charge on any atom is 0.232 e. The van der Waals surface area contributed by atoms with Gasteiger partial charge in [-0.05, 0) is 24.0 Å². The third-order valence-electron chi connectivity index (χ3n) is 4.82. The Bertz CT molecular complexity index is 676. The highest BCUT2D eigenvalue weighted by atomic mass is 16.2. The SMILES string of the molecule is CN1CCC(NC(=O)C(c2ccccc2)c2ccccc2)CCC1=O. The first kappa shape index (κ1) is 17.2. The van der Waals surface area contributed by atoms with E-state index in [9.17, 15) is 9.59 Å². The summed E-state index contributed by atoms with van der Waals surface area (Å²) in [5, 5.41) is 3.18. The molecule has 1 aliphatic heterocycles. The summed E-state index contributed by atoms with van der Waals surface area (Å²) in [6, 6.07) is 19.7. The Morgan fingerprint density at radius 2 is 1.56 bits per heavy atom. The monoisotopic (exact) mass is 336 g/mol. The molecule has 1 heterocycles. The molecule has 0 radical (unpaired) electrons. The largest absolute Gasteiger partial charge is 0.352 e. The van der Waals surface area contributed by atoms with Gasteiger partial charge in [0.25, 0.3) is 0 Å². The van der Waals surface area contributed by atoms with Crippen LogP contribution in [-0.2, 0) is 9.59 Å². The van der Waals surface area contributed by atoms with Crippen LogP contribution in [0.25, 0.3) is 0 Å². The lowest BCUT2D eigenvalue weighted by Crippen LogP contribution is -2.39. The highest BCUT2D eigenvalue weighted by Crippen LogP contribution is 2.25. The number of amides is 2. The van der Waals surface area contributed by atoms with Gasteiger partial charge in [-0.2, -0.15) is 0 Å². The van der Waals surface area contributed by atoms with Crippen LogP contribution in [0.4, 0.5) is 0 Å². The van der Waals surface area contributed by atoms with Crippen molar-refractivity contribution in [1.82, 2.24) is 10.2 Å². The molecule has 3 rings (SSSR count). The zero-order valence-electron chi connectivity index (χ0n) is 14.5. The fourth-order valence-corrected chi connectivity index (χ4v) is 3.32. The lowest BCUT2D eigenvalue weighted by atomic mass is 9.90. The van der Waals surface area contributed by atoms with Crippen LogP contribution in [0.5, 0.6) is 0 Å². The fourth-order valence-electron chi connectivity index (χ4n) is 3.32. The van der Waals surface area contributed by atoms with Gasteiger partial charge < -0.3 is 10.2 Å². The predicted octanol–water partition coefficient (Wildman–Crippen LogP) is 2.95. The van der Waals surface area contributed by atoms with Crippen molar-refractivity contribution in [3.63, 3.8) is 0 Å². The Labute approximate surface area is 148 Å². The van der Waals surface area contributed by atoms with Gasteiger partial charge in [0.15, 0.2) is 0 Å². The molecule has 25 heavy (non-hydrogen) atoms. The van der Waals surface area contributed by atoms with Gasteiger partial charge in [-0.25, -0.2) is 0 Å². The normalized spacial score (nSPS) is 18.1. The number of nitrogens with zero attached hydrogens (tertiary/aromatic N) is 1. The third kappa shape index (κ3) is 4.27. The summed E-state index contributed by atoms with van der Waals surface area (Å²) < 4.78 is 0. The summed E-state index contributed by atoms with van der Waals surface area (Å²) in [7, 11) is 1.82. The van der Waals surface area contributed by atoms with Crippen LogP contribution in [0, 0.1) is 0 Å². The molecule has 0 bridgehead atoms. The quantitative estimate of drug-likeness (QED) is 0.933. The molecule has 0 aromatic heterocycles. The summed E-state index contributed by atoms with van der Waals surface area (Å²) in [6.07, 6.45) is 1.98. The Morgan fingerprint density at radius 3 is 2.12 bits per heavy atom. The number of carbonyl (C=O) groups is 2. The molecule has 130 valence electrons. The highest BCUT2D eigenvalue weighted by molar-refractivity contribution is 5.87. The molecule has 1 saturated heterocycles. The second-order valence-electron chi connectivity index (χ2n) is 6.60. The third-order valence-corrected chi connectivity index (χ3v) is 4.82. The van der Waals surface area contributed by atoms with Gasteiger partial charge in [0.1, 0.15) is 0 Å². The molecule has 1 N–H and O–H groups in total. The molecular weight excluding hydrogens is 312 g/mol. The summed E-state index contributed by atoms with van der Waals surface area (Å²) in [6.45, 7) is 0.686. The Hall–Kier alpha value is -2.62. The van der Waals surface area contributed by atoms with Crippen LogP contribution in [0.3, 0.4) is 0 Å². The molecule has 2 amide bonds. The minimum atomic E-state index is -0.334. The van der Waals surface area contributed by atoms with E-state index in [2.05, 4.69) is 5.32 Å². The lowest BCUT2D eigenvalue weighted by Gasteiger charge is -2.22. The molecular formula is C21H24N2O2. The van der Waals surface area contributed by atoms with Crippen molar-refractivity contribution in [2.45, 2.75) is 31.2 Å². The standard InChI is InChI=1S/C21H24N2O2/c1-23-15-14-18(12-13-19(23)24)22-21(25)20(16-8-4-2-5-9-16)17-10-6-3-7-11-17/h2-11,18,20H,12-15H2,1H3,(H,22,25). The topological polar surface area (TPSA) is 49.4 Å². The first-order valence-electron chi connectivity index (χ1n) is 8.79. The van der Waals surface area contributed by atoms with Crippen LogP contribution in [-0.4, -0.2) is 36.3 Å². The van der Waals surface area contributed by atoms with Crippen molar-refractivity contribution in [3.05, 3.63) is 71.8 Å². The van der Waals surface area contributed by atoms with Crippen LogP contribution >= 0.6 is 0 Å². The number of carbonyl (C=O) groups excluding carboxylic acids is 2. The number of hydrogen-bond donors (Lipinski definition) is 1. The second kappa shape index (κ2) is 7.97. The summed E-state index contributed by atoms with van der Waals surface area (Å²) >= 11 is 0. The molecule has 1 aliphatic rings. The minimum Gasteiger partial charge on any atom is -0.352 e. The fraction of sp³-hybridized carbons (Fsp3) is 0.333. The van der Waals surface area contributed by atoms with E-state index in [4.69, 9.17) is 0 Å². The van der Waals surface area contributed by atoms with E-state index in [0.717, 1.165) is 17.5 Å². The Balaban J connectivity index is 1.79. The second-order valence-corrected chi connectivity index (χ2v) is 6.60. The number of benzene rings is 2. The summed E-state index contributed by atoms with van der Waals surface area (Å²) in [5.41, 5.74) is 1.96. The number of rotatable bonds is 4. The average molecular weight is 336 g/mol. The van der Waals surface area contributed by atoms with E-state index in [1.54, 1.807) is 4.90 Å². The van der Waals surface area contributed by atoms with Gasteiger partial charge in [-0.3, -0.25) is 9.59 Å². The van der Waals surface area contributed by atoms with Crippen LogP contribution < -0.4 is 5.32 Å². The Kier molecular flexibility index (Phi) is 5.49. The van der Waals surface area contributed by atoms with Crippen LogP contribution in [0.2, 0.25) is 0 Å². The van der Waals surface area contributed by atoms with Crippen LogP contribution in [0.1, 0.15) is 36.3 Å². The molecule has 1 unspecified atom stereocenters. The minimum absolute atomic E-state index is 0.000554. The van der Waals surface area contributed by atoms with Crippen molar-refractivity contribution in [3.8, 4) is 0 Å². The number of likely N-dealkylation sites (tertiary alicyclic amines) is 1. The van der Waals surface area contributed by atoms with Gasteiger partial charge >= 0.3 is 0 Å². The van der Waals surface area contributed by atoms with Crippen molar-refractivity contribution < 1.29 is 9.59 Å². The lowest BCUT2D eigenvalue weighted by molar-refractivity contribution is -0.129. The molecule has 1 atom stereocenters. The van der Waals surface area contributed by atoms with Crippen molar-refractivity contribution in [2.75, 3.05) is 13.6 Å². The first-order chi connectivity index (χ1) is 12.1. The summed E-state index contributed by atoms with van der Waals surface area (Å²) in [5.74, 6) is -0.182. The highest BCUT2D eigenvalue weighted by Gasteiger charge is 2.26. The van der Waals surface area contributed by atoms with E-state index in [1.807, 2.05) is 67.7 Å². The maximum atomic E-state index is 13.1. The first-order valence-corrected chi connectivity index (χ1v) is 8.79. The molecule has 4 heteroatoms. The zero-order valence-corrected chi connectivity index (χ0v) is 14.5. The van der Waals surface area contributed by atoms with Gasteiger partial charge in [-0.15, -0.1) is 0 Å². The van der Waals surface area contributed by atoms with E-state index in [-0.39, 0.29) is 23.8 Å². The number of nitrogens with one attached hydrogen (secondary N) is 1. The molecule has 1 fully saturated rings. The van der Waals surface area contributed by atoms with Gasteiger partial charge in [0.2, 0.25) is 11.8 Å². The zero-order chi connectivity index (χ0) is 17.6. The van der Waals surface area contributed by atoms with Crippen LogP contribution in [0.15, 0.2) is 60.7 Å². The van der Waals surface area contributed by atoms with Gasteiger partial charge in [0.05, 0.1) is 5.92 Å². The molecule has 0 saturated carbocycles. The van der Waals surface area contributed by atoms with E-state index in [0.29, 0.717) is 19.4 Å². The van der Waals surface area contributed by atoms with Crippen molar-refractivity contribution in [1.29, 1.82) is 0 Å². The number of hydrogen-bond acceptors (Lipinski definition) is 2. The van der Waals surface area contributed by atoms with E-state index in [1.165, 1.54) is 0 Å². The van der Waals surface area contributed by atoms with Crippen molar-refractivity contribution in [2.24, 2.45) is 0 Å². The summed E-state index contributed by atoms with van der Waals surface area (Å²) in [4.78, 5) is 26.7. The van der Waals surface area contributed by atoms with Gasteiger partial charge in [-0.1, -0.05) is 60.7 Å². The van der Waals surface area contributed by atoms with Gasteiger partial charge in [0, 0.05) is 26.1 Å². The predicted molar refractivity (Wildman–Crippen MR) is 98.1 cm³/mol. The molecule has 0 spiro atoms. The molecule has 2 aromatic rings.